The fourth-order valence-corrected chi connectivity index (χ4v) is 5.72. The Hall–Kier alpha value is -2.64. The zero-order valence-electron chi connectivity index (χ0n) is 17.9. The second-order valence-electron chi connectivity index (χ2n) is 8.85. The number of para-hydroxylation sites is 1. The maximum Gasteiger partial charge on any atom is 0.341 e. The number of aromatic amines is 1. The van der Waals surface area contributed by atoms with Crippen LogP contribution in [0.1, 0.15) is 65.8 Å². The quantitative estimate of drug-likeness (QED) is 0.524. The molecule has 0 spiro atoms. The van der Waals surface area contributed by atoms with Gasteiger partial charge in [0.2, 0.25) is 0 Å². The molecule has 3 heterocycles. The molecule has 0 unspecified atom stereocenters. The molecule has 1 aliphatic rings. The molecule has 6 nitrogen and oxygen atoms in total. The lowest BCUT2D eigenvalue weighted by atomic mass is 9.81. The van der Waals surface area contributed by atoms with Crippen LogP contribution >= 0.6 is 11.3 Å². The summed E-state index contributed by atoms with van der Waals surface area (Å²) in [5.74, 6) is -0.639. The molecule has 0 aliphatic carbocycles. The van der Waals surface area contributed by atoms with Crippen molar-refractivity contribution in [3.63, 3.8) is 0 Å². The second kappa shape index (κ2) is 7.25. The van der Waals surface area contributed by atoms with Gasteiger partial charge in [0.05, 0.1) is 17.7 Å². The van der Waals surface area contributed by atoms with Gasteiger partial charge in [-0.2, -0.15) is 0 Å². The molecule has 0 atom stereocenters. The first kappa shape index (κ1) is 20.6. The number of amides is 1. The first-order chi connectivity index (χ1) is 14.1. The highest BCUT2D eigenvalue weighted by Crippen LogP contribution is 2.45. The van der Waals surface area contributed by atoms with E-state index in [0.717, 1.165) is 21.3 Å². The highest BCUT2D eigenvalue weighted by molar-refractivity contribution is 7.17. The van der Waals surface area contributed by atoms with E-state index in [2.05, 4.69) is 43.3 Å². The van der Waals surface area contributed by atoms with Crippen LogP contribution in [0.25, 0.3) is 10.9 Å². The van der Waals surface area contributed by atoms with Gasteiger partial charge in [0.25, 0.3) is 5.91 Å². The first-order valence-electron chi connectivity index (χ1n) is 10.1. The average molecular weight is 426 g/mol. The third-order valence-electron chi connectivity index (χ3n) is 5.38. The van der Waals surface area contributed by atoms with Gasteiger partial charge < -0.3 is 20.4 Å². The van der Waals surface area contributed by atoms with Crippen LogP contribution in [0.2, 0.25) is 0 Å². The van der Waals surface area contributed by atoms with Gasteiger partial charge in [0.1, 0.15) is 5.00 Å². The van der Waals surface area contributed by atoms with Gasteiger partial charge in [-0.15, -0.1) is 11.3 Å². The molecule has 0 radical (unpaired) electrons. The van der Waals surface area contributed by atoms with Crippen LogP contribution in [0, 0.1) is 0 Å². The number of rotatable bonds is 4. The Morgan fingerprint density at radius 3 is 2.67 bits per heavy atom. The Kier molecular flexibility index (Phi) is 4.98. The standard InChI is InChI=1S/C23H27N3O3S/c1-6-29-21(28)17-14-11-22(2,3)26-23(4,5)18(14)30-20(17)25-19(27)15-12-24-16-10-8-7-9-13(15)16/h7-10,12,24,26H,6,11H2,1-5H3,(H,25,27). The van der Waals surface area contributed by atoms with E-state index >= 15 is 0 Å². The fraction of sp³-hybridized carbons (Fsp3) is 0.391. The topological polar surface area (TPSA) is 83.2 Å². The van der Waals surface area contributed by atoms with Crippen molar-refractivity contribution in [2.24, 2.45) is 0 Å². The van der Waals surface area contributed by atoms with Gasteiger partial charge in [-0.1, -0.05) is 18.2 Å². The number of H-pyrrole nitrogens is 1. The van der Waals surface area contributed by atoms with Gasteiger partial charge in [0, 0.05) is 33.1 Å². The van der Waals surface area contributed by atoms with E-state index in [1.807, 2.05) is 24.3 Å². The lowest BCUT2D eigenvalue weighted by molar-refractivity contribution is 0.0526. The van der Waals surface area contributed by atoms with E-state index in [1.165, 1.54) is 11.3 Å². The highest BCUT2D eigenvalue weighted by atomic mass is 32.1. The minimum absolute atomic E-state index is 0.184. The number of esters is 1. The van der Waals surface area contributed by atoms with Crippen LogP contribution in [0.3, 0.4) is 0 Å². The summed E-state index contributed by atoms with van der Waals surface area (Å²) in [6.07, 6.45) is 2.38. The molecule has 0 saturated heterocycles. The number of hydrogen-bond acceptors (Lipinski definition) is 5. The number of carbonyl (C=O) groups is 2. The fourth-order valence-electron chi connectivity index (χ4n) is 4.46. The van der Waals surface area contributed by atoms with E-state index in [0.29, 0.717) is 22.5 Å². The molecule has 158 valence electrons. The van der Waals surface area contributed by atoms with Gasteiger partial charge in [-0.25, -0.2) is 4.79 Å². The number of ether oxygens (including phenoxy) is 1. The van der Waals surface area contributed by atoms with Gasteiger partial charge in [0.15, 0.2) is 0 Å². The minimum atomic E-state index is -0.391. The van der Waals surface area contributed by atoms with Crippen LogP contribution in [0.4, 0.5) is 5.00 Å². The van der Waals surface area contributed by atoms with Crippen molar-refractivity contribution in [1.29, 1.82) is 0 Å². The number of benzene rings is 1. The van der Waals surface area contributed by atoms with Gasteiger partial charge in [-0.05, 0) is 52.7 Å². The highest BCUT2D eigenvalue weighted by Gasteiger charge is 2.42. The van der Waals surface area contributed by atoms with Crippen LogP contribution in [-0.2, 0) is 16.7 Å². The van der Waals surface area contributed by atoms with E-state index in [1.54, 1.807) is 13.1 Å². The largest absolute Gasteiger partial charge is 0.462 e. The summed E-state index contributed by atoms with van der Waals surface area (Å²) >= 11 is 1.45. The average Bonchev–Trinajstić information content (AvgIpc) is 3.22. The zero-order valence-corrected chi connectivity index (χ0v) is 18.8. The third kappa shape index (κ3) is 3.52. The van der Waals surface area contributed by atoms with Crippen molar-refractivity contribution in [3.05, 3.63) is 52.0 Å². The molecule has 7 heteroatoms. The van der Waals surface area contributed by atoms with Crippen molar-refractivity contribution in [3.8, 4) is 0 Å². The summed E-state index contributed by atoms with van der Waals surface area (Å²) < 4.78 is 5.36. The van der Waals surface area contributed by atoms with Gasteiger partial charge >= 0.3 is 5.97 Å². The summed E-state index contributed by atoms with van der Waals surface area (Å²) in [5.41, 5.74) is 2.37. The third-order valence-corrected chi connectivity index (χ3v) is 6.86. The van der Waals surface area contributed by atoms with Crippen LogP contribution in [-0.4, -0.2) is 29.0 Å². The molecule has 0 fully saturated rings. The molecule has 0 saturated carbocycles. The SMILES string of the molecule is CCOC(=O)c1c(NC(=O)c2c[nH]c3ccccc23)sc2c1CC(C)(C)NC2(C)C. The number of nitrogens with one attached hydrogen (secondary N) is 3. The molecule has 2 aromatic heterocycles. The molecule has 4 rings (SSSR count). The zero-order chi connectivity index (χ0) is 21.7. The van der Waals surface area contributed by atoms with E-state index in [4.69, 9.17) is 4.74 Å². The van der Waals surface area contributed by atoms with Crippen molar-refractivity contribution in [2.75, 3.05) is 11.9 Å². The lowest BCUT2D eigenvalue weighted by Crippen LogP contribution is -2.55. The van der Waals surface area contributed by atoms with Crippen molar-refractivity contribution < 1.29 is 14.3 Å². The van der Waals surface area contributed by atoms with Crippen LogP contribution in [0.15, 0.2) is 30.5 Å². The van der Waals surface area contributed by atoms with E-state index < -0.39 is 5.97 Å². The maximum absolute atomic E-state index is 13.1. The lowest BCUT2D eigenvalue weighted by Gasteiger charge is -2.42. The number of thiophene rings is 1. The minimum Gasteiger partial charge on any atom is -0.462 e. The summed E-state index contributed by atoms with van der Waals surface area (Å²) in [4.78, 5) is 30.2. The van der Waals surface area contributed by atoms with Crippen molar-refractivity contribution in [2.45, 2.75) is 52.1 Å². The van der Waals surface area contributed by atoms with Gasteiger partial charge in [-0.3, -0.25) is 4.79 Å². The maximum atomic E-state index is 13.1. The van der Waals surface area contributed by atoms with E-state index in [-0.39, 0.29) is 23.6 Å². The number of hydrogen-bond donors (Lipinski definition) is 3. The molecule has 1 amide bonds. The monoisotopic (exact) mass is 425 g/mol. The summed E-state index contributed by atoms with van der Waals surface area (Å²) in [6.45, 7) is 10.5. The predicted octanol–water partition coefficient (Wildman–Crippen LogP) is 4.82. The van der Waals surface area contributed by atoms with Crippen LogP contribution in [0.5, 0.6) is 0 Å². The second-order valence-corrected chi connectivity index (χ2v) is 9.87. The Labute approximate surface area is 180 Å². The summed E-state index contributed by atoms with van der Waals surface area (Å²) in [6, 6.07) is 7.65. The number of carbonyl (C=O) groups excluding carboxylic acids is 2. The Balaban J connectivity index is 1.79. The summed E-state index contributed by atoms with van der Waals surface area (Å²) in [5, 5.41) is 8.03. The van der Waals surface area contributed by atoms with Crippen LogP contribution < -0.4 is 10.6 Å². The molecule has 1 aromatic carbocycles. The number of aromatic nitrogens is 1. The molecule has 0 bridgehead atoms. The number of anilines is 1. The Bertz CT molecular complexity index is 1140. The molecule has 30 heavy (non-hydrogen) atoms. The smallest absolute Gasteiger partial charge is 0.341 e. The molecule has 3 aromatic rings. The molecular weight excluding hydrogens is 398 g/mol. The molecule has 3 N–H and O–H groups in total. The summed E-state index contributed by atoms with van der Waals surface area (Å²) in [7, 11) is 0. The number of fused-ring (bicyclic) bond motifs is 2. The molecular formula is C23H27N3O3S. The van der Waals surface area contributed by atoms with Crippen molar-refractivity contribution in [1.82, 2.24) is 10.3 Å². The first-order valence-corrected chi connectivity index (χ1v) is 10.9. The molecule has 1 aliphatic heterocycles. The normalized spacial score (nSPS) is 16.8. The Morgan fingerprint density at radius 1 is 1.20 bits per heavy atom. The predicted molar refractivity (Wildman–Crippen MR) is 120 cm³/mol. The van der Waals surface area contributed by atoms with Crippen molar-refractivity contribution >= 4 is 39.1 Å². The van der Waals surface area contributed by atoms with E-state index in [9.17, 15) is 9.59 Å². The Morgan fingerprint density at radius 2 is 1.93 bits per heavy atom.